The summed E-state index contributed by atoms with van der Waals surface area (Å²) in [6, 6.07) is 5.80. The first-order valence-electron chi connectivity index (χ1n) is 6.37. The average Bonchev–Trinajstić information content (AvgIpc) is 2.92. The highest BCUT2D eigenvalue weighted by Crippen LogP contribution is 2.51. The summed E-state index contributed by atoms with van der Waals surface area (Å²) in [5, 5.41) is 10.3. The van der Waals surface area contributed by atoms with Crippen LogP contribution in [0.5, 0.6) is 11.5 Å². The van der Waals surface area contributed by atoms with Crippen LogP contribution in [0.4, 0.5) is 0 Å². The van der Waals surface area contributed by atoms with Gasteiger partial charge in [0, 0.05) is 11.3 Å². The first kappa shape index (κ1) is 12.2. The van der Waals surface area contributed by atoms with Crippen LogP contribution in [0.25, 0.3) is 0 Å². The number of thioether (sulfide) groups is 1. The molecule has 2 aliphatic rings. The lowest BCUT2D eigenvalue weighted by molar-refractivity contribution is 0.145. The zero-order valence-corrected chi connectivity index (χ0v) is 11.3. The fourth-order valence-corrected chi connectivity index (χ4v) is 3.45. The number of methoxy groups -OCH3 is 1. The van der Waals surface area contributed by atoms with Crippen LogP contribution < -0.4 is 9.47 Å². The third-order valence-electron chi connectivity index (χ3n) is 3.59. The Bertz CT molecular complexity index is 437. The highest BCUT2D eigenvalue weighted by atomic mass is 32.2. The Labute approximate surface area is 111 Å². The largest absolute Gasteiger partial charge is 0.492 e. The minimum Gasteiger partial charge on any atom is -0.492 e. The van der Waals surface area contributed by atoms with E-state index in [0.29, 0.717) is 5.75 Å². The van der Waals surface area contributed by atoms with E-state index in [-0.39, 0.29) is 6.10 Å². The number of hydrogen-bond acceptors (Lipinski definition) is 4. The van der Waals surface area contributed by atoms with Gasteiger partial charge in [0.2, 0.25) is 0 Å². The minimum atomic E-state index is -0.685. The van der Waals surface area contributed by atoms with Gasteiger partial charge in [0.15, 0.2) is 11.5 Å². The van der Waals surface area contributed by atoms with Crippen molar-refractivity contribution >= 4 is 11.8 Å². The van der Waals surface area contributed by atoms with E-state index in [9.17, 15) is 5.11 Å². The van der Waals surface area contributed by atoms with Gasteiger partial charge < -0.3 is 14.6 Å². The fraction of sp³-hybridized carbons (Fsp3) is 0.571. The molecule has 1 aromatic rings. The molecule has 1 aliphatic carbocycles. The van der Waals surface area contributed by atoms with Gasteiger partial charge in [-0.1, -0.05) is 12.1 Å². The van der Waals surface area contributed by atoms with Crippen LogP contribution in [0.1, 0.15) is 24.8 Å². The van der Waals surface area contributed by atoms with Crippen LogP contribution in [-0.4, -0.2) is 29.8 Å². The molecule has 1 aliphatic heterocycles. The Morgan fingerprint density at radius 1 is 1.39 bits per heavy atom. The molecule has 3 rings (SSSR count). The summed E-state index contributed by atoms with van der Waals surface area (Å²) in [6.45, 7) is 0. The number of aliphatic hydroxyl groups is 1. The maximum absolute atomic E-state index is 10.3. The quantitative estimate of drug-likeness (QED) is 0.909. The van der Waals surface area contributed by atoms with E-state index in [1.807, 2.05) is 30.0 Å². The first-order valence-corrected chi connectivity index (χ1v) is 7.53. The molecule has 1 saturated heterocycles. The van der Waals surface area contributed by atoms with Gasteiger partial charge in [-0.2, -0.15) is 11.8 Å². The molecule has 18 heavy (non-hydrogen) atoms. The lowest BCUT2D eigenvalue weighted by atomic mass is 10.1. The van der Waals surface area contributed by atoms with Gasteiger partial charge in [0.25, 0.3) is 0 Å². The normalized spacial score (nSPS) is 24.9. The van der Waals surface area contributed by atoms with Crippen molar-refractivity contribution in [3.63, 3.8) is 0 Å². The van der Waals surface area contributed by atoms with Gasteiger partial charge >= 0.3 is 0 Å². The summed E-state index contributed by atoms with van der Waals surface area (Å²) in [6.07, 6.45) is 2.98. The van der Waals surface area contributed by atoms with Crippen LogP contribution in [0.2, 0.25) is 0 Å². The molecular formula is C14H18O3S. The Balaban J connectivity index is 1.88. The average molecular weight is 266 g/mol. The Hall–Kier alpha value is -0.870. The van der Waals surface area contributed by atoms with Crippen molar-refractivity contribution in [1.82, 2.24) is 0 Å². The highest BCUT2D eigenvalue weighted by Gasteiger charge is 2.45. The van der Waals surface area contributed by atoms with Crippen molar-refractivity contribution < 1.29 is 14.6 Å². The predicted molar refractivity (Wildman–Crippen MR) is 72.5 cm³/mol. The zero-order chi connectivity index (χ0) is 12.6. The van der Waals surface area contributed by atoms with Gasteiger partial charge in [-0.3, -0.25) is 0 Å². The molecule has 1 unspecified atom stereocenters. The topological polar surface area (TPSA) is 38.7 Å². The molecular weight excluding hydrogens is 248 g/mol. The van der Waals surface area contributed by atoms with Crippen molar-refractivity contribution in [3.8, 4) is 11.5 Å². The summed E-state index contributed by atoms with van der Waals surface area (Å²) in [5.74, 6) is 3.67. The Kier molecular flexibility index (Phi) is 3.16. The summed E-state index contributed by atoms with van der Waals surface area (Å²) in [5.41, 5.74) is 0.183. The van der Waals surface area contributed by atoms with E-state index >= 15 is 0 Å². The standard InChI is InChI=1S/C14H18O3S/c1-16-13-11(14(15)6-7-14)3-2-4-12(13)17-10-5-8-18-9-10/h2-4,10,15H,5-9H2,1H3. The first-order chi connectivity index (χ1) is 8.73. The van der Waals surface area contributed by atoms with Gasteiger partial charge in [-0.05, 0) is 31.1 Å². The molecule has 2 fully saturated rings. The van der Waals surface area contributed by atoms with Crippen LogP contribution in [0, 0.1) is 0 Å². The van der Waals surface area contributed by atoms with Crippen molar-refractivity contribution in [3.05, 3.63) is 23.8 Å². The van der Waals surface area contributed by atoms with Crippen molar-refractivity contribution in [2.24, 2.45) is 0 Å². The van der Waals surface area contributed by atoms with Crippen molar-refractivity contribution in [1.29, 1.82) is 0 Å². The third kappa shape index (κ3) is 2.19. The van der Waals surface area contributed by atoms with E-state index in [2.05, 4.69) is 0 Å². The van der Waals surface area contributed by atoms with Crippen LogP contribution >= 0.6 is 11.8 Å². The molecule has 0 spiro atoms. The molecule has 1 atom stereocenters. The van der Waals surface area contributed by atoms with Crippen LogP contribution in [-0.2, 0) is 5.60 Å². The summed E-state index contributed by atoms with van der Waals surface area (Å²) < 4.78 is 11.5. The number of ether oxygens (including phenoxy) is 2. The summed E-state index contributed by atoms with van der Waals surface area (Å²) in [4.78, 5) is 0. The number of benzene rings is 1. The molecule has 1 aromatic carbocycles. The summed E-state index contributed by atoms with van der Waals surface area (Å²) >= 11 is 1.92. The van der Waals surface area contributed by atoms with Gasteiger partial charge in [0.05, 0.1) is 12.7 Å². The lowest BCUT2D eigenvalue weighted by Crippen LogP contribution is -2.16. The van der Waals surface area contributed by atoms with E-state index < -0.39 is 5.60 Å². The third-order valence-corrected chi connectivity index (χ3v) is 4.72. The molecule has 1 saturated carbocycles. The highest BCUT2D eigenvalue weighted by molar-refractivity contribution is 7.99. The Morgan fingerprint density at radius 2 is 2.22 bits per heavy atom. The van der Waals surface area contributed by atoms with Crippen molar-refractivity contribution in [2.45, 2.75) is 31.0 Å². The molecule has 4 heteroatoms. The molecule has 0 amide bonds. The minimum absolute atomic E-state index is 0.271. The number of para-hydroxylation sites is 1. The van der Waals surface area contributed by atoms with E-state index in [1.165, 1.54) is 0 Å². The maximum atomic E-state index is 10.3. The van der Waals surface area contributed by atoms with Gasteiger partial charge in [-0.25, -0.2) is 0 Å². The molecule has 0 radical (unpaired) electrons. The van der Waals surface area contributed by atoms with Gasteiger partial charge in [-0.15, -0.1) is 0 Å². The van der Waals surface area contributed by atoms with Crippen molar-refractivity contribution in [2.75, 3.05) is 18.6 Å². The molecule has 1 N–H and O–H groups in total. The maximum Gasteiger partial charge on any atom is 0.166 e. The number of hydrogen-bond donors (Lipinski definition) is 1. The second-order valence-corrected chi connectivity index (χ2v) is 6.12. The smallest absolute Gasteiger partial charge is 0.166 e. The second kappa shape index (κ2) is 4.67. The Morgan fingerprint density at radius 3 is 2.83 bits per heavy atom. The molecule has 1 heterocycles. The monoisotopic (exact) mass is 266 g/mol. The second-order valence-electron chi connectivity index (χ2n) is 4.97. The molecule has 3 nitrogen and oxygen atoms in total. The lowest BCUT2D eigenvalue weighted by Gasteiger charge is -2.19. The molecule has 98 valence electrons. The molecule has 0 bridgehead atoms. The zero-order valence-electron chi connectivity index (χ0n) is 10.5. The van der Waals surface area contributed by atoms with Crippen LogP contribution in [0.15, 0.2) is 18.2 Å². The fourth-order valence-electron chi connectivity index (χ4n) is 2.36. The van der Waals surface area contributed by atoms with E-state index in [0.717, 1.165) is 42.1 Å². The summed E-state index contributed by atoms with van der Waals surface area (Å²) in [7, 11) is 1.64. The number of rotatable bonds is 4. The van der Waals surface area contributed by atoms with Crippen LogP contribution in [0.3, 0.4) is 0 Å². The van der Waals surface area contributed by atoms with E-state index in [1.54, 1.807) is 7.11 Å². The SMILES string of the molecule is COc1c(OC2CCSC2)cccc1C1(O)CC1. The van der Waals surface area contributed by atoms with E-state index in [4.69, 9.17) is 9.47 Å². The molecule has 0 aromatic heterocycles. The van der Waals surface area contributed by atoms with Gasteiger partial charge in [0.1, 0.15) is 6.10 Å². The predicted octanol–water partition coefficient (Wildman–Crippen LogP) is 2.56.